The summed E-state index contributed by atoms with van der Waals surface area (Å²) in [5, 5.41) is 0. The predicted molar refractivity (Wildman–Crippen MR) is 65.5 cm³/mol. The molecule has 1 aromatic carbocycles. The van der Waals surface area contributed by atoms with Gasteiger partial charge in [0.05, 0.1) is 6.61 Å². The van der Waals surface area contributed by atoms with E-state index in [2.05, 4.69) is 13.0 Å². The van der Waals surface area contributed by atoms with E-state index < -0.39 is 0 Å². The van der Waals surface area contributed by atoms with Gasteiger partial charge in [0, 0.05) is 6.42 Å². The molecule has 0 spiro atoms. The van der Waals surface area contributed by atoms with Gasteiger partial charge in [-0.25, -0.2) is 0 Å². The first-order chi connectivity index (χ1) is 7.88. The van der Waals surface area contributed by atoms with Gasteiger partial charge in [0.1, 0.15) is 5.75 Å². The van der Waals surface area contributed by atoms with E-state index in [1.165, 1.54) is 18.4 Å². The van der Waals surface area contributed by atoms with Gasteiger partial charge >= 0.3 is 0 Å². The van der Waals surface area contributed by atoms with E-state index >= 15 is 0 Å². The zero-order valence-corrected chi connectivity index (χ0v) is 9.87. The average molecular weight is 219 g/mol. The molecule has 0 aliphatic rings. The fourth-order valence-electron chi connectivity index (χ4n) is 1.54. The van der Waals surface area contributed by atoms with E-state index in [1.54, 1.807) is 0 Å². The van der Waals surface area contributed by atoms with Crippen LogP contribution in [0, 0.1) is 0 Å². The van der Waals surface area contributed by atoms with Crippen LogP contribution in [0.1, 0.15) is 38.2 Å². The van der Waals surface area contributed by atoms with Crippen LogP contribution in [0.5, 0.6) is 5.75 Å². The van der Waals surface area contributed by atoms with Gasteiger partial charge in [-0.1, -0.05) is 31.5 Å². The van der Waals surface area contributed by atoms with Crippen LogP contribution in [0.4, 0.5) is 0 Å². The minimum Gasteiger partial charge on any atom is -0.493 e. The molecule has 0 heterocycles. The Kier molecular flexibility index (Phi) is 6.31. The first-order valence-electron chi connectivity index (χ1n) is 5.94. The minimum atomic E-state index is 0.455. The molecule has 0 saturated carbocycles. The summed E-state index contributed by atoms with van der Waals surface area (Å²) in [6, 6.07) is 8.13. The van der Waals surface area contributed by atoms with Crippen molar-refractivity contribution in [3.05, 3.63) is 29.8 Å². The second-order valence-electron chi connectivity index (χ2n) is 3.81. The molecule has 1 aromatic rings. The van der Waals surface area contributed by atoms with E-state index in [0.29, 0.717) is 13.0 Å². The van der Waals surface area contributed by atoms with Gasteiger partial charge < -0.3 is 4.74 Å². The number of ether oxygens (including phenoxy) is 1. The average Bonchev–Trinajstić information content (AvgIpc) is 2.33. The second kappa shape index (κ2) is 7.91. The zero-order chi connectivity index (χ0) is 11.6. The van der Waals surface area contributed by atoms with Crippen LogP contribution in [-0.4, -0.2) is 12.9 Å². The SMILES string of the molecule is CCCCc1ccccc1OCCC[C]=O. The lowest BCUT2D eigenvalue weighted by atomic mass is 10.1. The highest BCUT2D eigenvalue weighted by Crippen LogP contribution is 2.20. The fraction of sp³-hybridized carbons (Fsp3) is 0.500. The van der Waals surface area contributed by atoms with Crippen molar-refractivity contribution in [3.63, 3.8) is 0 Å². The minimum absolute atomic E-state index is 0.455. The summed E-state index contributed by atoms with van der Waals surface area (Å²) in [6.45, 7) is 2.78. The first-order valence-corrected chi connectivity index (χ1v) is 5.94. The largest absolute Gasteiger partial charge is 0.493 e. The Hall–Kier alpha value is -1.31. The molecule has 0 aliphatic carbocycles. The molecular formula is C14H19O2. The van der Waals surface area contributed by atoms with Crippen LogP contribution in [0.2, 0.25) is 0 Å². The molecule has 0 aliphatic heterocycles. The normalized spacial score (nSPS) is 10.1. The topological polar surface area (TPSA) is 26.3 Å². The molecule has 0 fully saturated rings. The highest BCUT2D eigenvalue weighted by molar-refractivity contribution is 5.50. The Morgan fingerprint density at radius 3 is 2.81 bits per heavy atom. The Bertz CT molecular complexity index is 307. The summed E-state index contributed by atoms with van der Waals surface area (Å²) in [5.74, 6) is 0.960. The van der Waals surface area contributed by atoms with Gasteiger partial charge in [-0.3, -0.25) is 4.79 Å². The van der Waals surface area contributed by atoms with Crippen LogP contribution in [0.15, 0.2) is 24.3 Å². The molecule has 0 saturated heterocycles. The number of unbranched alkanes of at least 4 members (excludes halogenated alkanes) is 2. The molecule has 0 N–H and O–H groups in total. The molecule has 1 radical (unpaired) electrons. The molecule has 16 heavy (non-hydrogen) atoms. The molecule has 0 amide bonds. The lowest BCUT2D eigenvalue weighted by molar-refractivity contribution is 0.309. The Morgan fingerprint density at radius 1 is 1.25 bits per heavy atom. The molecule has 87 valence electrons. The fourth-order valence-corrected chi connectivity index (χ4v) is 1.54. The van der Waals surface area contributed by atoms with E-state index in [1.807, 2.05) is 24.5 Å². The van der Waals surface area contributed by atoms with Gasteiger partial charge in [-0.15, -0.1) is 0 Å². The van der Waals surface area contributed by atoms with E-state index in [-0.39, 0.29) is 0 Å². The third-order valence-electron chi connectivity index (χ3n) is 2.45. The number of carbonyl (C=O) groups excluding carboxylic acids is 1. The number of rotatable bonds is 8. The third-order valence-corrected chi connectivity index (χ3v) is 2.45. The van der Waals surface area contributed by atoms with Crippen LogP contribution < -0.4 is 4.74 Å². The van der Waals surface area contributed by atoms with Crippen molar-refractivity contribution in [2.75, 3.05) is 6.61 Å². The van der Waals surface area contributed by atoms with Crippen LogP contribution in [0.3, 0.4) is 0 Å². The van der Waals surface area contributed by atoms with Crippen molar-refractivity contribution in [1.82, 2.24) is 0 Å². The van der Waals surface area contributed by atoms with Crippen molar-refractivity contribution in [2.24, 2.45) is 0 Å². The van der Waals surface area contributed by atoms with Crippen molar-refractivity contribution in [3.8, 4) is 5.75 Å². The highest BCUT2D eigenvalue weighted by atomic mass is 16.5. The Morgan fingerprint density at radius 2 is 2.06 bits per heavy atom. The molecule has 2 heteroatoms. The summed E-state index contributed by atoms with van der Waals surface area (Å²) < 4.78 is 5.66. The monoisotopic (exact) mass is 219 g/mol. The maximum Gasteiger partial charge on any atom is 0.198 e. The third kappa shape index (κ3) is 4.47. The molecule has 0 atom stereocenters. The van der Waals surface area contributed by atoms with Gasteiger partial charge in [0.25, 0.3) is 0 Å². The van der Waals surface area contributed by atoms with Gasteiger partial charge in [0.15, 0.2) is 6.29 Å². The van der Waals surface area contributed by atoms with Crippen molar-refractivity contribution < 1.29 is 9.53 Å². The number of para-hydroxylation sites is 1. The van der Waals surface area contributed by atoms with E-state index in [9.17, 15) is 4.79 Å². The molecule has 0 aromatic heterocycles. The lowest BCUT2D eigenvalue weighted by Gasteiger charge is -2.10. The number of aryl methyl sites for hydroxylation is 1. The summed E-state index contributed by atoms with van der Waals surface area (Å²) in [4.78, 5) is 10.0. The predicted octanol–water partition coefficient (Wildman–Crippen LogP) is 3.30. The lowest BCUT2D eigenvalue weighted by Crippen LogP contribution is -2.00. The van der Waals surface area contributed by atoms with Crippen LogP contribution >= 0.6 is 0 Å². The van der Waals surface area contributed by atoms with Gasteiger partial charge in [0.2, 0.25) is 0 Å². The first kappa shape index (κ1) is 12.8. The molecular weight excluding hydrogens is 200 g/mol. The maximum atomic E-state index is 10.0. The Labute approximate surface area is 97.6 Å². The molecule has 0 unspecified atom stereocenters. The van der Waals surface area contributed by atoms with E-state index in [0.717, 1.165) is 18.6 Å². The summed E-state index contributed by atoms with van der Waals surface area (Å²) in [7, 11) is 0. The quantitative estimate of drug-likeness (QED) is 0.627. The second-order valence-corrected chi connectivity index (χ2v) is 3.81. The smallest absolute Gasteiger partial charge is 0.198 e. The van der Waals surface area contributed by atoms with Crippen LogP contribution in [0.25, 0.3) is 0 Å². The van der Waals surface area contributed by atoms with Crippen molar-refractivity contribution in [1.29, 1.82) is 0 Å². The summed E-state index contributed by atoms with van der Waals surface area (Å²) in [5.41, 5.74) is 1.26. The molecule has 0 bridgehead atoms. The maximum absolute atomic E-state index is 10.0. The summed E-state index contributed by atoms with van der Waals surface area (Å²) >= 11 is 0. The van der Waals surface area contributed by atoms with Crippen LogP contribution in [-0.2, 0) is 11.2 Å². The number of benzene rings is 1. The standard InChI is InChI=1S/C14H19O2/c1-2-3-8-13-9-4-5-10-14(13)16-12-7-6-11-15/h4-5,9-10H,2-3,6-8,12H2,1H3. The Balaban J connectivity index is 2.46. The number of hydrogen-bond donors (Lipinski definition) is 0. The van der Waals surface area contributed by atoms with Crippen molar-refractivity contribution in [2.45, 2.75) is 39.0 Å². The summed E-state index contributed by atoms with van der Waals surface area (Å²) in [6.07, 6.45) is 6.50. The van der Waals surface area contributed by atoms with Crippen molar-refractivity contribution >= 4 is 6.29 Å². The number of hydrogen-bond acceptors (Lipinski definition) is 2. The zero-order valence-electron chi connectivity index (χ0n) is 9.87. The highest BCUT2D eigenvalue weighted by Gasteiger charge is 2.01. The van der Waals surface area contributed by atoms with Gasteiger partial charge in [-0.05, 0) is 30.9 Å². The molecule has 1 rings (SSSR count). The molecule has 2 nitrogen and oxygen atoms in total. The van der Waals surface area contributed by atoms with E-state index in [4.69, 9.17) is 4.74 Å². The van der Waals surface area contributed by atoms with Gasteiger partial charge in [-0.2, -0.15) is 0 Å².